The van der Waals surface area contributed by atoms with E-state index in [9.17, 15) is 4.79 Å². The van der Waals surface area contributed by atoms with Crippen LogP contribution >= 0.6 is 0 Å². The van der Waals surface area contributed by atoms with Gasteiger partial charge in [0, 0.05) is 12.9 Å². The number of amides is 1. The minimum Gasteiger partial charge on any atom is -0.354 e. The molecule has 1 amide bonds. The van der Waals surface area contributed by atoms with Crippen LogP contribution in [0.25, 0.3) is 0 Å². The van der Waals surface area contributed by atoms with Crippen LogP contribution in [0, 0.1) is 5.92 Å². The van der Waals surface area contributed by atoms with Gasteiger partial charge in [0.2, 0.25) is 5.91 Å². The minimum absolute atomic E-state index is 0.136. The van der Waals surface area contributed by atoms with Gasteiger partial charge >= 0.3 is 0 Å². The molecular weight excluding hydrogens is 126 g/mol. The maximum absolute atomic E-state index is 10.6. The van der Waals surface area contributed by atoms with E-state index >= 15 is 0 Å². The van der Waals surface area contributed by atoms with E-state index in [1.165, 1.54) is 6.92 Å². The topological polar surface area (TPSA) is 29.1 Å². The number of hydrogen-bond donors (Lipinski definition) is 1. The molecule has 1 N–H and O–H groups in total. The zero-order valence-electron chi connectivity index (χ0n) is 8.19. The summed E-state index contributed by atoms with van der Waals surface area (Å²) in [6.45, 7) is 7.23. The third-order valence-electron chi connectivity index (χ3n) is 1.10. The Bertz CT molecular complexity index is 143. The molecule has 0 spiro atoms. The molecule has 0 saturated carbocycles. The smallest absolute Gasteiger partial charge is 0.217 e. The SMILES string of the molecule is [2H]C(C)(CC(C)C)NC(C)=O. The monoisotopic (exact) mass is 144 g/mol. The van der Waals surface area contributed by atoms with Gasteiger partial charge in [0.25, 0.3) is 0 Å². The Morgan fingerprint density at radius 3 is 2.40 bits per heavy atom. The highest BCUT2D eigenvalue weighted by atomic mass is 16.1. The second-order valence-electron chi connectivity index (χ2n) is 3.06. The molecule has 2 heteroatoms. The molecule has 0 aromatic heterocycles. The molecule has 0 heterocycles. The first kappa shape index (κ1) is 7.58. The van der Waals surface area contributed by atoms with Crippen molar-refractivity contribution in [3.05, 3.63) is 0 Å². The molecule has 2 nitrogen and oxygen atoms in total. The van der Waals surface area contributed by atoms with E-state index in [-0.39, 0.29) is 5.91 Å². The van der Waals surface area contributed by atoms with Crippen molar-refractivity contribution in [1.82, 2.24) is 5.32 Å². The molecule has 10 heavy (non-hydrogen) atoms. The molecule has 0 aliphatic rings. The maximum Gasteiger partial charge on any atom is 0.217 e. The van der Waals surface area contributed by atoms with Gasteiger partial charge < -0.3 is 5.32 Å². The summed E-state index contributed by atoms with van der Waals surface area (Å²) in [4.78, 5) is 10.6. The largest absolute Gasteiger partial charge is 0.354 e. The Balaban J connectivity index is 3.89. The van der Waals surface area contributed by atoms with Gasteiger partial charge in [0.15, 0.2) is 0 Å². The lowest BCUT2D eigenvalue weighted by molar-refractivity contribution is -0.119. The van der Waals surface area contributed by atoms with E-state index in [2.05, 4.69) is 5.32 Å². The average molecular weight is 144 g/mol. The van der Waals surface area contributed by atoms with Crippen LogP contribution in [0.3, 0.4) is 0 Å². The van der Waals surface area contributed by atoms with Crippen LogP contribution in [-0.4, -0.2) is 11.9 Å². The second-order valence-corrected chi connectivity index (χ2v) is 3.06. The van der Waals surface area contributed by atoms with Crippen molar-refractivity contribution >= 4 is 5.91 Å². The van der Waals surface area contributed by atoms with Crippen LogP contribution in [-0.2, 0) is 4.79 Å². The highest BCUT2D eigenvalue weighted by molar-refractivity contribution is 5.73. The molecule has 1 atom stereocenters. The molecular formula is C8H17NO. The molecule has 0 bridgehead atoms. The lowest BCUT2D eigenvalue weighted by Crippen LogP contribution is -2.31. The predicted octanol–water partition coefficient (Wildman–Crippen LogP) is 1.56. The standard InChI is InChI=1S/C8H17NO/c1-6(2)5-7(3)9-8(4)10/h6-7H,5H2,1-4H3,(H,9,10)/i7D. The average Bonchev–Trinajstić information content (AvgIpc) is 1.53. The van der Waals surface area contributed by atoms with Crippen molar-refractivity contribution in [3.8, 4) is 0 Å². The fraction of sp³-hybridized carbons (Fsp3) is 0.875. The first-order valence-electron chi connectivity index (χ1n) is 4.12. The van der Waals surface area contributed by atoms with Gasteiger partial charge in [-0.3, -0.25) is 4.79 Å². The Hall–Kier alpha value is -0.530. The molecule has 0 rings (SSSR count). The molecule has 0 aliphatic heterocycles. The minimum atomic E-state index is -0.806. The van der Waals surface area contributed by atoms with Crippen LogP contribution in [0.15, 0.2) is 0 Å². The molecule has 0 saturated heterocycles. The molecule has 0 aromatic rings. The normalized spacial score (nSPS) is 17.9. The van der Waals surface area contributed by atoms with E-state index in [1.807, 2.05) is 13.8 Å². The molecule has 0 aromatic carbocycles. The quantitative estimate of drug-likeness (QED) is 0.640. The molecule has 0 radical (unpaired) electrons. The van der Waals surface area contributed by atoms with E-state index in [1.54, 1.807) is 6.92 Å². The van der Waals surface area contributed by atoms with E-state index in [0.29, 0.717) is 12.3 Å². The third kappa shape index (κ3) is 5.60. The highest BCUT2D eigenvalue weighted by Crippen LogP contribution is 2.02. The van der Waals surface area contributed by atoms with Crippen LogP contribution in [0.4, 0.5) is 0 Å². The second kappa shape index (κ2) is 4.31. The van der Waals surface area contributed by atoms with Crippen LogP contribution in [0.2, 0.25) is 0 Å². The third-order valence-corrected chi connectivity index (χ3v) is 1.10. The zero-order chi connectivity index (χ0) is 9.07. The van der Waals surface area contributed by atoms with Gasteiger partial charge in [-0.15, -0.1) is 0 Å². The van der Waals surface area contributed by atoms with Crippen molar-refractivity contribution in [3.63, 3.8) is 0 Å². The molecule has 0 aliphatic carbocycles. The number of hydrogen-bond acceptors (Lipinski definition) is 1. The van der Waals surface area contributed by atoms with Gasteiger partial charge in [-0.25, -0.2) is 0 Å². The fourth-order valence-corrected chi connectivity index (χ4v) is 0.964. The van der Waals surface area contributed by atoms with E-state index in [4.69, 9.17) is 1.37 Å². The maximum atomic E-state index is 10.6. The predicted molar refractivity (Wildman–Crippen MR) is 42.7 cm³/mol. The van der Waals surface area contributed by atoms with Crippen LogP contribution < -0.4 is 5.32 Å². The zero-order valence-corrected chi connectivity index (χ0v) is 7.19. The summed E-state index contributed by atoms with van der Waals surface area (Å²) in [5.41, 5.74) is 0. The summed E-state index contributed by atoms with van der Waals surface area (Å²) in [6, 6.07) is -0.806. The summed E-state index contributed by atoms with van der Waals surface area (Å²) in [6.07, 6.45) is 0.687. The van der Waals surface area contributed by atoms with Crippen LogP contribution in [0.1, 0.15) is 35.5 Å². The van der Waals surface area contributed by atoms with E-state index < -0.39 is 6.02 Å². The Labute approximate surface area is 64.4 Å². The fourth-order valence-electron chi connectivity index (χ4n) is 0.964. The Morgan fingerprint density at radius 1 is 1.60 bits per heavy atom. The lowest BCUT2D eigenvalue weighted by Gasteiger charge is -2.13. The number of rotatable bonds is 3. The Kier molecular flexibility index (Phi) is 3.27. The van der Waals surface area contributed by atoms with Crippen molar-refractivity contribution < 1.29 is 6.17 Å². The van der Waals surface area contributed by atoms with Gasteiger partial charge in [0.05, 0.1) is 1.37 Å². The van der Waals surface area contributed by atoms with Crippen molar-refractivity contribution in [2.45, 2.75) is 40.1 Å². The molecule has 0 fully saturated rings. The van der Waals surface area contributed by atoms with Gasteiger partial charge in [0.1, 0.15) is 0 Å². The Morgan fingerprint density at radius 2 is 2.10 bits per heavy atom. The number of carbonyl (C=O) groups excluding carboxylic acids is 1. The van der Waals surface area contributed by atoms with Gasteiger partial charge in [-0.1, -0.05) is 13.8 Å². The van der Waals surface area contributed by atoms with E-state index in [0.717, 1.165) is 0 Å². The van der Waals surface area contributed by atoms with Crippen molar-refractivity contribution in [1.29, 1.82) is 0 Å². The first-order valence-corrected chi connectivity index (χ1v) is 3.62. The number of carbonyl (C=O) groups is 1. The summed E-state index contributed by atoms with van der Waals surface area (Å²) in [5, 5.41) is 2.58. The highest BCUT2D eigenvalue weighted by Gasteiger charge is 2.04. The van der Waals surface area contributed by atoms with Crippen molar-refractivity contribution in [2.75, 3.05) is 0 Å². The van der Waals surface area contributed by atoms with Crippen molar-refractivity contribution in [2.24, 2.45) is 5.92 Å². The molecule has 60 valence electrons. The number of nitrogens with one attached hydrogen (secondary N) is 1. The summed E-state index contributed by atoms with van der Waals surface area (Å²) in [5.74, 6) is 0.299. The van der Waals surface area contributed by atoms with Gasteiger partial charge in [-0.2, -0.15) is 0 Å². The van der Waals surface area contributed by atoms with Gasteiger partial charge in [-0.05, 0) is 19.3 Å². The summed E-state index contributed by atoms with van der Waals surface area (Å²) < 4.78 is 7.66. The first-order chi connectivity index (χ1) is 4.83. The molecule has 1 unspecified atom stereocenters. The lowest BCUT2D eigenvalue weighted by atomic mass is 10.1. The summed E-state index contributed by atoms with van der Waals surface area (Å²) >= 11 is 0. The summed E-state index contributed by atoms with van der Waals surface area (Å²) in [7, 11) is 0. The van der Waals surface area contributed by atoms with Crippen LogP contribution in [0.5, 0.6) is 0 Å².